The van der Waals surface area contributed by atoms with Gasteiger partial charge in [0.25, 0.3) is 0 Å². The summed E-state index contributed by atoms with van der Waals surface area (Å²) in [6.07, 6.45) is 3.28. The van der Waals surface area contributed by atoms with E-state index >= 15 is 0 Å². The van der Waals surface area contributed by atoms with Crippen LogP contribution in [0.2, 0.25) is 5.02 Å². The van der Waals surface area contributed by atoms with Crippen molar-refractivity contribution in [2.24, 2.45) is 16.5 Å². The first-order chi connectivity index (χ1) is 8.19. The van der Waals surface area contributed by atoms with E-state index in [0.29, 0.717) is 29.4 Å². The predicted molar refractivity (Wildman–Crippen MR) is 70.7 cm³/mol. The molecule has 0 saturated heterocycles. The molecule has 0 aliphatic heterocycles. The molecular formula is C12H13ClN4. The molecule has 1 aromatic carbocycles. The van der Waals surface area contributed by atoms with Crippen molar-refractivity contribution in [2.45, 2.75) is 0 Å². The molecule has 0 heterocycles. The molecule has 17 heavy (non-hydrogen) atoms. The molecule has 0 saturated carbocycles. The minimum absolute atomic E-state index is 0.389. The predicted octanol–water partition coefficient (Wildman–Crippen LogP) is 1.54. The Morgan fingerprint density at radius 3 is 2.88 bits per heavy atom. The van der Waals surface area contributed by atoms with Crippen molar-refractivity contribution in [3.8, 4) is 6.07 Å². The van der Waals surface area contributed by atoms with Gasteiger partial charge in [0.2, 0.25) is 0 Å². The number of rotatable bonds is 4. The average molecular weight is 249 g/mol. The van der Waals surface area contributed by atoms with Gasteiger partial charge < -0.3 is 11.5 Å². The van der Waals surface area contributed by atoms with Gasteiger partial charge in [0, 0.05) is 18.5 Å². The first kappa shape index (κ1) is 13.2. The Balaban J connectivity index is 2.86. The van der Waals surface area contributed by atoms with Crippen LogP contribution in [-0.4, -0.2) is 19.3 Å². The summed E-state index contributed by atoms with van der Waals surface area (Å²) in [6, 6.07) is 7.02. The van der Waals surface area contributed by atoms with Gasteiger partial charge in [-0.2, -0.15) is 5.26 Å². The normalized spacial score (nSPS) is 11.7. The number of nitrogens with zero attached hydrogens (tertiary/aromatic N) is 2. The number of benzene rings is 1. The van der Waals surface area contributed by atoms with E-state index in [1.165, 1.54) is 0 Å². The van der Waals surface area contributed by atoms with Crippen LogP contribution in [0, 0.1) is 11.3 Å². The lowest BCUT2D eigenvalue weighted by molar-refractivity contribution is 0.981. The van der Waals surface area contributed by atoms with Crippen molar-refractivity contribution < 1.29 is 0 Å². The quantitative estimate of drug-likeness (QED) is 0.793. The standard InChI is InChI=1S/C12H13ClN4/c13-11-7-9(1-2-10(11)8-15)12(16)3-5-17-6-4-14/h1-3,5,7H,4,6,14,16H2/b12-3-,17-5?. The molecule has 1 aromatic rings. The van der Waals surface area contributed by atoms with Crippen molar-refractivity contribution in [3.05, 3.63) is 40.4 Å². The summed E-state index contributed by atoms with van der Waals surface area (Å²) >= 11 is 5.90. The summed E-state index contributed by atoms with van der Waals surface area (Å²) in [7, 11) is 0. The molecule has 4 nitrogen and oxygen atoms in total. The Hall–Kier alpha value is -1.83. The fourth-order valence-corrected chi connectivity index (χ4v) is 1.39. The molecule has 0 unspecified atom stereocenters. The molecule has 0 fully saturated rings. The number of nitriles is 1. The second kappa shape index (κ2) is 6.69. The fraction of sp³-hybridized carbons (Fsp3) is 0.167. The van der Waals surface area contributed by atoms with Gasteiger partial charge in [-0.05, 0) is 23.8 Å². The van der Waals surface area contributed by atoms with Crippen LogP contribution < -0.4 is 11.5 Å². The molecule has 1 rings (SSSR count). The molecule has 0 aliphatic rings. The molecular weight excluding hydrogens is 236 g/mol. The highest BCUT2D eigenvalue weighted by atomic mass is 35.5. The Morgan fingerprint density at radius 2 is 2.29 bits per heavy atom. The summed E-state index contributed by atoms with van der Waals surface area (Å²) in [6.45, 7) is 1.07. The Kier molecular flexibility index (Phi) is 5.21. The van der Waals surface area contributed by atoms with E-state index in [-0.39, 0.29) is 0 Å². The van der Waals surface area contributed by atoms with Crippen LogP contribution in [0.1, 0.15) is 11.1 Å². The highest BCUT2D eigenvalue weighted by molar-refractivity contribution is 6.31. The van der Waals surface area contributed by atoms with Crippen LogP contribution in [0.5, 0.6) is 0 Å². The summed E-state index contributed by atoms with van der Waals surface area (Å²) in [5, 5.41) is 9.12. The van der Waals surface area contributed by atoms with Crippen LogP contribution in [-0.2, 0) is 0 Å². The largest absolute Gasteiger partial charge is 0.398 e. The minimum Gasteiger partial charge on any atom is -0.398 e. The third-order valence-corrected chi connectivity index (χ3v) is 2.35. The van der Waals surface area contributed by atoms with E-state index in [0.717, 1.165) is 5.56 Å². The minimum atomic E-state index is 0.389. The van der Waals surface area contributed by atoms with Gasteiger partial charge in [0.05, 0.1) is 17.1 Å². The molecule has 0 spiro atoms. The van der Waals surface area contributed by atoms with Gasteiger partial charge in [-0.1, -0.05) is 17.7 Å². The lowest BCUT2D eigenvalue weighted by Crippen LogP contribution is -2.02. The van der Waals surface area contributed by atoms with Crippen LogP contribution in [0.4, 0.5) is 0 Å². The number of halogens is 1. The highest BCUT2D eigenvalue weighted by Gasteiger charge is 2.02. The molecule has 4 N–H and O–H groups in total. The van der Waals surface area contributed by atoms with Crippen LogP contribution in [0.3, 0.4) is 0 Å². The van der Waals surface area contributed by atoms with Gasteiger partial charge in [0.1, 0.15) is 6.07 Å². The maximum Gasteiger partial charge on any atom is 0.101 e. The number of nitrogens with two attached hydrogens (primary N) is 2. The molecule has 0 radical (unpaired) electrons. The maximum absolute atomic E-state index is 8.74. The molecule has 0 amide bonds. The van der Waals surface area contributed by atoms with E-state index in [1.807, 2.05) is 6.07 Å². The van der Waals surface area contributed by atoms with Gasteiger partial charge in [-0.3, -0.25) is 4.99 Å². The van der Waals surface area contributed by atoms with Crippen molar-refractivity contribution in [1.82, 2.24) is 0 Å². The maximum atomic E-state index is 8.74. The lowest BCUT2D eigenvalue weighted by atomic mass is 10.1. The topological polar surface area (TPSA) is 88.2 Å². The SMILES string of the molecule is N#Cc1ccc(/C(N)=C/C=NCCN)cc1Cl. The van der Waals surface area contributed by atoms with Crippen LogP contribution in [0.25, 0.3) is 5.70 Å². The highest BCUT2D eigenvalue weighted by Crippen LogP contribution is 2.19. The van der Waals surface area contributed by atoms with E-state index < -0.39 is 0 Å². The molecule has 0 aliphatic carbocycles. The summed E-state index contributed by atoms with van der Waals surface area (Å²) in [4.78, 5) is 4.02. The van der Waals surface area contributed by atoms with Gasteiger partial charge >= 0.3 is 0 Å². The van der Waals surface area contributed by atoms with Crippen molar-refractivity contribution >= 4 is 23.5 Å². The molecule has 5 heteroatoms. The first-order valence-corrected chi connectivity index (χ1v) is 5.42. The first-order valence-electron chi connectivity index (χ1n) is 5.04. The zero-order chi connectivity index (χ0) is 12.7. The summed E-state index contributed by atoms with van der Waals surface area (Å²) in [5.41, 5.74) is 12.9. The third kappa shape index (κ3) is 3.91. The van der Waals surface area contributed by atoms with Gasteiger partial charge in [-0.15, -0.1) is 0 Å². The van der Waals surface area contributed by atoms with Crippen molar-refractivity contribution in [2.75, 3.05) is 13.1 Å². The Labute approximate surface area is 105 Å². The molecule has 88 valence electrons. The zero-order valence-corrected chi connectivity index (χ0v) is 9.98. The van der Waals surface area contributed by atoms with E-state index in [9.17, 15) is 0 Å². The van der Waals surface area contributed by atoms with E-state index in [1.54, 1.807) is 30.5 Å². The zero-order valence-electron chi connectivity index (χ0n) is 9.23. The van der Waals surface area contributed by atoms with Crippen LogP contribution in [0.15, 0.2) is 29.3 Å². The average Bonchev–Trinajstić information content (AvgIpc) is 2.34. The Bertz CT molecular complexity index is 486. The lowest BCUT2D eigenvalue weighted by Gasteiger charge is -2.02. The number of hydrogen-bond donors (Lipinski definition) is 2. The van der Waals surface area contributed by atoms with Gasteiger partial charge in [0.15, 0.2) is 0 Å². The number of hydrogen-bond acceptors (Lipinski definition) is 4. The van der Waals surface area contributed by atoms with Crippen molar-refractivity contribution in [3.63, 3.8) is 0 Å². The van der Waals surface area contributed by atoms with E-state index in [4.69, 9.17) is 28.3 Å². The van der Waals surface area contributed by atoms with E-state index in [2.05, 4.69) is 4.99 Å². The monoisotopic (exact) mass is 248 g/mol. The molecule has 0 atom stereocenters. The smallest absolute Gasteiger partial charge is 0.101 e. The second-order valence-corrected chi connectivity index (χ2v) is 3.68. The number of aliphatic imine (C=N–C) groups is 1. The van der Waals surface area contributed by atoms with Crippen LogP contribution >= 0.6 is 11.6 Å². The van der Waals surface area contributed by atoms with Crippen molar-refractivity contribution in [1.29, 1.82) is 5.26 Å². The van der Waals surface area contributed by atoms with Gasteiger partial charge in [-0.25, -0.2) is 0 Å². The third-order valence-electron chi connectivity index (χ3n) is 2.04. The molecule has 0 aromatic heterocycles. The Morgan fingerprint density at radius 1 is 1.53 bits per heavy atom. The summed E-state index contributed by atoms with van der Waals surface area (Å²) < 4.78 is 0. The fourth-order valence-electron chi connectivity index (χ4n) is 1.16. The number of allylic oxidation sites excluding steroid dienone is 1. The molecule has 0 bridgehead atoms. The second-order valence-electron chi connectivity index (χ2n) is 3.27. The summed E-state index contributed by atoms with van der Waals surface area (Å²) in [5.74, 6) is 0.